The lowest BCUT2D eigenvalue weighted by Gasteiger charge is -2.19. The summed E-state index contributed by atoms with van der Waals surface area (Å²) < 4.78 is 11.3. The molecule has 29 heavy (non-hydrogen) atoms. The van der Waals surface area contributed by atoms with E-state index in [1.165, 1.54) is 17.3 Å². The van der Waals surface area contributed by atoms with Crippen LogP contribution in [0, 0.1) is 0 Å². The van der Waals surface area contributed by atoms with Crippen LogP contribution in [0.2, 0.25) is 0 Å². The molecule has 1 aliphatic rings. The smallest absolute Gasteiger partial charge is 0.313 e. The summed E-state index contributed by atoms with van der Waals surface area (Å²) in [6.07, 6.45) is 0. The van der Waals surface area contributed by atoms with Gasteiger partial charge in [0.05, 0.1) is 5.75 Å². The number of benzene rings is 3. The number of hydrogen-bond acceptors (Lipinski definition) is 5. The maximum atomic E-state index is 10.7. The van der Waals surface area contributed by atoms with Gasteiger partial charge < -0.3 is 19.9 Å². The van der Waals surface area contributed by atoms with Crippen molar-refractivity contribution >= 4 is 23.4 Å². The molecule has 0 amide bonds. The molecule has 3 aromatic rings. The zero-order chi connectivity index (χ0) is 20.1. The van der Waals surface area contributed by atoms with Crippen LogP contribution < -0.4 is 14.8 Å². The molecule has 0 saturated carbocycles. The highest BCUT2D eigenvalue weighted by Gasteiger charge is 2.12. The third kappa shape index (κ3) is 5.03. The molecule has 0 aliphatic carbocycles. The second-order valence-corrected chi connectivity index (χ2v) is 7.67. The van der Waals surface area contributed by atoms with Crippen molar-refractivity contribution in [1.29, 1.82) is 0 Å². The molecule has 0 unspecified atom stereocenters. The predicted octanol–water partition coefficient (Wildman–Crippen LogP) is 4.91. The van der Waals surface area contributed by atoms with Gasteiger partial charge in [-0.15, -0.1) is 11.8 Å². The van der Waals surface area contributed by atoms with Gasteiger partial charge in [-0.2, -0.15) is 0 Å². The van der Waals surface area contributed by atoms with Crippen LogP contribution >= 0.6 is 11.8 Å². The maximum absolute atomic E-state index is 10.7. The average molecular weight is 407 g/mol. The quantitative estimate of drug-likeness (QED) is 0.542. The van der Waals surface area contributed by atoms with Crippen molar-refractivity contribution in [1.82, 2.24) is 0 Å². The van der Waals surface area contributed by atoms with E-state index in [0.29, 0.717) is 19.8 Å². The second-order valence-electron chi connectivity index (χ2n) is 6.62. The van der Waals surface area contributed by atoms with Gasteiger partial charge in [-0.25, -0.2) is 0 Å². The Morgan fingerprint density at radius 2 is 1.69 bits per heavy atom. The lowest BCUT2D eigenvalue weighted by atomic mass is 10.0. The monoisotopic (exact) mass is 407 g/mol. The first-order chi connectivity index (χ1) is 14.2. The number of thioether (sulfide) groups is 1. The number of rotatable bonds is 7. The van der Waals surface area contributed by atoms with Crippen LogP contribution in [-0.4, -0.2) is 30.0 Å². The van der Waals surface area contributed by atoms with E-state index in [-0.39, 0.29) is 5.75 Å². The van der Waals surface area contributed by atoms with E-state index in [2.05, 4.69) is 29.6 Å². The molecule has 0 aromatic heterocycles. The van der Waals surface area contributed by atoms with Crippen molar-refractivity contribution in [3.8, 4) is 22.6 Å². The first kappa shape index (κ1) is 19.2. The highest BCUT2D eigenvalue weighted by molar-refractivity contribution is 8.00. The molecule has 6 heteroatoms. The van der Waals surface area contributed by atoms with Gasteiger partial charge >= 0.3 is 5.97 Å². The minimum Gasteiger partial charge on any atom is -0.486 e. The van der Waals surface area contributed by atoms with Gasteiger partial charge in [0.2, 0.25) is 0 Å². The summed E-state index contributed by atoms with van der Waals surface area (Å²) in [5, 5.41) is 12.2. The van der Waals surface area contributed by atoms with Crippen molar-refractivity contribution in [3.05, 3.63) is 72.3 Å². The molecule has 1 aliphatic heterocycles. The summed E-state index contributed by atoms with van der Waals surface area (Å²) in [6, 6.07) is 22.2. The molecule has 5 nitrogen and oxygen atoms in total. The third-order valence-corrected chi connectivity index (χ3v) is 5.51. The number of carboxylic acid groups (broad SMARTS) is 1. The molecule has 0 atom stereocenters. The van der Waals surface area contributed by atoms with Crippen molar-refractivity contribution in [2.45, 2.75) is 11.4 Å². The normalized spacial score (nSPS) is 12.4. The molecule has 1 heterocycles. The topological polar surface area (TPSA) is 67.8 Å². The highest BCUT2D eigenvalue weighted by atomic mass is 32.2. The van der Waals surface area contributed by atoms with Crippen LogP contribution in [0.25, 0.3) is 11.1 Å². The van der Waals surface area contributed by atoms with Gasteiger partial charge in [0.1, 0.15) is 13.2 Å². The standard InChI is InChI=1S/C23H21NO4S/c25-23(26)15-29-20-7-5-19(6-8-20)24-14-16-2-1-3-17(12-16)18-4-9-21-22(13-18)28-11-10-27-21/h1-9,12-13,24H,10-11,14-15H2,(H,25,26). The molecular weight excluding hydrogens is 386 g/mol. The van der Waals surface area contributed by atoms with Crippen molar-refractivity contribution in [2.24, 2.45) is 0 Å². The summed E-state index contributed by atoms with van der Waals surface area (Å²) in [4.78, 5) is 11.6. The number of anilines is 1. The molecule has 2 N–H and O–H groups in total. The van der Waals surface area contributed by atoms with E-state index >= 15 is 0 Å². The van der Waals surface area contributed by atoms with E-state index in [9.17, 15) is 4.79 Å². The SMILES string of the molecule is O=C(O)CSc1ccc(NCc2cccc(-c3ccc4c(c3)OCCO4)c2)cc1. The van der Waals surface area contributed by atoms with Crippen molar-refractivity contribution in [3.63, 3.8) is 0 Å². The van der Waals surface area contributed by atoms with Crippen LogP contribution in [0.3, 0.4) is 0 Å². The Kier molecular flexibility index (Phi) is 5.91. The van der Waals surface area contributed by atoms with Gasteiger partial charge in [-0.3, -0.25) is 4.79 Å². The molecule has 0 fully saturated rings. The zero-order valence-electron chi connectivity index (χ0n) is 15.8. The van der Waals surface area contributed by atoms with E-state index in [1.54, 1.807) is 0 Å². The first-order valence-corrected chi connectivity index (χ1v) is 10.3. The maximum Gasteiger partial charge on any atom is 0.313 e. The molecule has 148 valence electrons. The second kappa shape index (κ2) is 8.92. The number of fused-ring (bicyclic) bond motifs is 1. The van der Waals surface area contributed by atoms with Crippen LogP contribution in [0.4, 0.5) is 5.69 Å². The first-order valence-electron chi connectivity index (χ1n) is 9.35. The molecule has 0 spiro atoms. The Morgan fingerprint density at radius 3 is 2.48 bits per heavy atom. The Hall–Kier alpha value is -3.12. The number of nitrogens with one attached hydrogen (secondary N) is 1. The predicted molar refractivity (Wildman–Crippen MR) is 115 cm³/mol. The van der Waals surface area contributed by atoms with Gasteiger partial charge in [-0.05, 0) is 59.2 Å². The van der Waals surface area contributed by atoms with Gasteiger partial charge in [-0.1, -0.05) is 24.3 Å². The Labute approximate surface area is 173 Å². The lowest BCUT2D eigenvalue weighted by molar-refractivity contribution is -0.133. The van der Waals surface area contributed by atoms with Crippen LogP contribution in [0.1, 0.15) is 5.56 Å². The molecule has 0 radical (unpaired) electrons. The van der Waals surface area contributed by atoms with Crippen molar-refractivity contribution in [2.75, 3.05) is 24.3 Å². The van der Waals surface area contributed by atoms with Gasteiger partial charge in [0, 0.05) is 17.1 Å². The van der Waals surface area contributed by atoms with E-state index in [1.807, 2.05) is 42.5 Å². The highest BCUT2D eigenvalue weighted by Crippen LogP contribution is 2.34. The summed E-state index contributed by atoms with van der Waals surface area (Å²) in [5.74, 6) is 0.843. The average Bonchev–Trinajstić information content (AvgIpc) is 2.77. The summed E-state index contributed by atoms with van der Waals surface area (Å²) in [7, 11) is 0. The van der Waals surface area contributed by atoms with Crippen LogP contribution in [0.15, 0.2) is 71.6 Å². The number of aliphatic carboxylic acids is 1. The Bertz CT molecular complexity index is 1000. The molecule has 3 aromatic carbocycles. The number of hydrogen-bond donors (Lipinski definition) is 2. The fourth-order valence-corrected chi connectivity index (χ4v) is 3.72. The number of carbonyl (C=O) groups is 1. The lowest BCUT2D eigenvalue weighted by Crippen LogP contribution is -2.15. The minimum absolute atomic E-state index is 0.0689. The summed E-state index contributed by atoms with van der Waals surface area (Å²) in [5.41, 5.74) is 4.38. The zero-order valence-corrected chi connectivity index (χ0v) is 16.6. The molecule has 0 saturated heterocycles. The van der Waals surface area contributed by atoms with Gasteiger partial charge in [0.25, 0.3) is 0 Å². The van der Waals surface area contributed by atoms with E-state index in [0.717, 1.165) is 33.2 Å². The van der Waals surface area contributed by atoms with E-state index in [4.69, 9.17) is 14.6 Å². The van der Waals surface area contributed by atoms with Crippen LogP contribution in [0.5, 0.6) is 11.5 Å². The molecule has 4 rings (SSSR count). The summed E-state index contributed by atoms with van der Waals surface area (Å²) >= 11 is 1.31. The third-order valence-electron chi connectivity index (χ3n) is 4.52. The molecule has 0 bridgehead atoms. The fourth-order valence-electron chi connectivity index (χ4n) is 3.10. The Balaban J connectivity index is 1.41. The fraction of sp³-hybridized carbons (Fsp3) is 0.174. The minimum atomic E-state index is -0.810. The number of carboxylic acids is 1. The summed E-state index contributed by atoms with van der Waals surface area (Å²) in [6.45, 7) is 1.86. The van der Waals surface area contributed by atoms with Crippen molar-refractivity contribution < 1.29 is 19.4 Å². The van der Waals surface area contributed by atoms with E-state index < -0.39 is 5.97 Å². The number of ether oxygens (including phenoxy) is 2. The Morgan fingerprint density at radius 1 is 0.931 bits per heavy atom. The largest absolute Gasteiger partial charge is 0.486 e. The van der Waals surface area contributed by atoms with Crippen LogP contribution in [-0.2, 0) is 11.3 Å². The van der Waals surface area contributed by atoms with Gasteiger partial charge in [0.15, 0.2) is 11.5 Å². The molecular formula is C23H21NO4S.